The van der Waals surface area contributed by atoms with Gasteiger partial charge in [-0.15, -0.1) is 0 Å². The maximum Gasteiger partial charge on any atom is 0.119 e. The number of hydrogen-bond donors (Lipinski definition) is 1. The first-order valence-electron chi connectivity index (χ1n) is 6.14. The summed E-state index contributed by atoms with van der Waals surface area (Å²) >= 11 is 1.91. The predicted octanol–water partition coefficient (Wildman–Crippen LogP) is 3.15. The van der Waals surface area contributed by atoms with Crippen LogP contribution in [0.15, 0.2) is 18.2 Å². The van der Waals surface area contributed by atoms with Crippen molar-refractivity contribution in [3.63, 3.8) is 0 Å². The van der Waals surface area contributed by atoms with Gasteiger partial charge in [0, 0.05) is 11.8 Å². The summed E-state index contributed by atoms with van der Waals surface area (Å²) < 4.78 is 5.74. The fraction of sp³-hybridized carbons (Fsp3) is 0.571. The maximum absolute atomic E-state index is 5.74. The van der Waals surface area contributed by atoms with E-state index in [-0.39, 0.29) is 0 Å². The number of ether oxygens (including phenoxy) is 1. The van der Waals surface area contributed by atoms with Crippen molar-refractivity contribution in [2.24, 2.45) is 5.73 Å². The molecule has 0 radical (unpaired) electrons. The van der Waals surface area contributed by atoms with E-state index in [2.05, 4.69) is 39.0 Å². The number of thioether (sulfide) groups is 1. The van der Waals surface area contributed by atoms with Gasteiger partial charge in [0.05, 0.1) is 6.61 Å². The lowest BCUT2D eigenvalue weighted by molar-refractivity contribution is 0.318. The van der Waals surface area contributed by atoms with E-state index in [1.165, 1.54) is 11.1 Å². The molecule has 1 aromatic carbocycles. The van der Waals surface area contributed by atoms with Crippen LogP contribution in [0.4, 0.5) is 0 Å². The Labute approximate surface area is 109 Å². The number of hydrogen-bond acceptors (Lipinski definition) is 3. The Morgan fingerprint density at radius 3 is 2.47 bits per heavy atom. The SMILES string of the molecule is Cc1cc(C)cc(OCCCSC(C)CN)c1. The quantitative estimate of drug-likeness (QED) is 0.758. The smallest absolute Gasteiger partial charge is 0.119 e. The van der Waals surface area contributed by atoms with Crippen molar-refractivity contribution in [1.82, 2.24) is 0 Å². The van der Waals surface area contributed by atoms with E-state index in [1.807, 2.05) is 11.8 Å². The molecule has 2 nitrogen and oxygen atoms in total. The standard InChI is InChI=1S/C14H23NOS/c1-11-7-12(2)9-14(8-11)16-5-4-6-17-13(3)10-15/h7-9,13H,4-6,10,15H2,1-3H3. The Morgan fingerprint density at radius 1 is 1.24 bits per heavy atom. The van der Waals surface area contributed by atoms with Crippen LogP contribution >= 0.6 is 11.8 Å². The average molecular weight is 253 g/mol. The Morgan fingerprint density at radius 2 is 1.88 bits per heavy atom. The molecule has 0 saturated heterocycles. The second-order valence-corrected chi connectivity index (χ2v) is 5.99. The topological polar surface area (TPSA) is 35.2 Å². The van der Waals surface area contributed by atoms with Gasteiger partial charge in [-0.05, 0) is 49.3 Å². The second-order valence-electron chi connectivity index (χ2n) is 4.44. The number of rotatable bonds is 7. The molecule has 1 aromatic rings. The van der Waals surface area contributed by atoms with Gasteiger partial charge in [0.1, 0.15) is 5.75 Å². The molecule has 0 heterocycles. The van der Waals surface area contributed by atoms with E-state index in [4.69, 9.17) is 10.5 Å². The Bertz CT molecular complexity index is 321. The highest BCUT2D eigenvalue weighted by molar-refractivity contribution is 7.99. The van der Waals surface area contributed by atoms with E-state index in [0.29, 0.717) is 5.25 Å². The summed E-state index contributed by atoms with van der Waals surface area (Å²) in [6, 6.07) is 6.33. The van der Waals surface area contributed by atoms with Gasteiger partial charge in [0.25, 0.3) is 0 Å². The molecule has 0 bridgehead atoms. The largest absolute Gasteiger partial charge is 0.494 e. The van der Waals surface area contributed by atoms with Gasteiger partial charge in [-0.3, -0.25) is 0 Å². The third-order valence-corrected chi connectivity index (χ3v) is 3.77. The van der Waals surface area contributed by atoms with Crippen molar-refractivity contribution in [2.75, 3.05) is 18.9 Å². The van der Waals surface area contributed by atoms with Gasteiger partial charge in [0.15, 0.2) is 0 Å². The minimum atomic E-state index is 0.552. The van der Waals surface area contributed by atoms with Crippen LogP contribution in [0.3, 0.4) is 0 Å². The van der Waals surface area contributed by atoms with Crippen LogP contribution in [0, 0.1) is 13.8 Å². The van der Waals surface area contributed by atoms with Crippen molar-refractivity contribution in [3.8, 4) is 5.75 Å². The highest BCUT2D eigenvalue weighted by atomic mass is 32.2. The zero-order valence-electron chi connectivity index (χ0n) is 11.0. The van der Waals surface area contributed by atoms with Gasteiger partial charge in [0.2, 0.25) is 0 Å². The lowest BCUT2D eigenvalue weighted by atomic mass is 10.1. The molecule has 0 amide bonds. The van der Waals surface area contributed by atoms with Gasteiger partial charge in [-0.25, -0.2) is 0 Å². The second kappa shape index (κ2) is 7.62. The van der Waals surface area contributed by atoms with Crippen LogP contribution in [-0.4, -0.2) is 24.2 Å². The molecule has 0 spiro atoms. The predicted molar refractivity (Wildman–Crippen MR) is 77.0 cm³/mol. The monoisotopic (exact) mass is 253 g/mol. The number of aryl methyl sites for hydroxylation is 2. The minimum Gasteiger partial charge on any atom is -0.494 e. The molecule has 2 N–H and O–H groups in total. The molecule has 0 aromatic heterocycles. The van der Waals surface area contributed by atoms with E-state index < -0.39 is 0 Å². The van der Waals surface area contributed by atoms with E-state index >= 15 is 0 Å². The summed E-state index contributed by atoms with van der Waals surface area (Å²) in [6.45, 7) is 7.89. The van der Waals surface area contributed by atoms with Gasteiger partial charge < -0.3 is 10.5 Å². The van der Waals surface area contributed by atoms with Crippen molar-refractivity contribution in [2.45, 2.75) is 32.4 Å². The molecular weight excluding hydrogens is 230 g/mol. The Kier molecular flexibility index (Phi) is 6.45. The molecule has 0 aliphatic heterocycles. The first-order chi connectivity index (χ1) is 8.11. The number of benzene rings is 1. The third kappa shape index (κ3) is 5.99. The van der Waals surface area contributed by atoms with Crippen LogP contribution in [0.1, 0.15) is 24.5 Å². The summed E-state index contributed by atoms with van der Waals surface area (Å²) in [5.74, 6) is 2.10. The third-order valence-electron chi connectivity index (χ3n) is 2.49. The van der Waals surface area contributed by atoms with E-state index in [1.54, 1.807) is 0 Å². The molecule has 0 saturated carbocycles. The minimum absolute atomic E-state index is 0.552. The molecule has 1 atom stereocenters. The lowest BCUT2D eigenvalue weighted by Crippen LogP contribution is -2.13. The molecule has 3 heteroatoms. The van der Waals surface area contributed by atoms with Gasteiger partial charge >= 0.3 is 0 Å². The molecule has 1 unspecified atom stereocenters. The van der Waals surface area contributed by atoms with Crippen LogP contribution in [0.2, 0.25) is 0 Å². The fourth-order valence-corrected chi connectivity index (χ4v) is 2.44. The van der Waals surface area contributed by atoms with Crippen molar-refractivity contribution < 1.29 is 4.74 Å². The molecule has 96 valence electrons. The summed E-state index contributed by atoms with van der Waals surface area (Å²) in [5, 5.41) is 0.552. The zero-order chi connectivity index (χ0) is 12.7. The van der Waals surface area contributed by atoms with Gasteiger partial charge in [-0.1, -0.05) is 13.0 Å². The number of nitrogens with two attached hydrogens (primary N) is 1. The van der Waals surface area contributed by atoms with Crippen LogP contribution in [0.25, 0.3) is 0 Å². The first kappa shape index (κ1) is 14.4. The molecule has 1 rings (SSSR count). The Balaban J connectivity index is 2.22. The van der Waals surface area contributed by atoms with Gasteiger partial charge in [-0.2, -0.15) is 11.8 Å². The molecule has 17 heavy (non-hydrogen) atoms. The molecule has 0 fully saturated rings. The first-order valence-corrected chi connectivity index (χ1v) is 7.19. The molecule has 0 aliphatic carbocycles. The Hall–Kier alpha value is -0.670. The normalized spacial score (nSPS) is 12.5. The van der Waals surface area contributed by atoms with Crippen LogP contribution in [0.5, 0.6) is 5.75 Å². The zero-order valence-corrected chi connectivity index (χ0v) is 11.8. The molecular formula is C14H23NOS. The maximum atomic E-state index is 5.74. The highest BCUT2D eigenvalue weighted by Gasteiger charge is 2.00. The fourth-order valence-electron chi connectivity index (χ4n) is 1.62. The van der Waals surface area contributed by atoms with Crippen molar-refractivity contribution >= 4 is 11.8 Å². The lowest BCUT2D eigenvalue weighted by Gasteiger charge is -2.10. The van der Waals surface area contributed by atoms with Crippen molar-refractivity contribution in [1.29, 1.82) is 0 Å². The highest BCUT2D eigenvalue weighted by Crippen LogP contribution is 2.17. The van der Waals surface area contributed by atoms with E-state index in [0.717, 1.165) is 31.1 Å². The van der Waals surface area contributed by atoms with E-state index in [9.17, 15) is 0 Å². The average Bonchev–Trinajstić information content (AvgIpc) is 2.27. The summed E-state index contributed by atoms with van der Waals surface area (Å²) in [4.78, 5) is 0. The van der Waals surface area contributed by atoms with Crippen LogP contribution in [-0.2, 0) is 0 Å². The summed E-state index contributed by atoms with van der Waals surface area (Å²) in [7, 11) is 0. The summed E-state index contributed by atoms with van der Waals surface area (Å²) in [6.07, 6.45) is 1.07. The van der Waals surface area contributed by atoms with Crippen molar-refractivity contribution in [3.05, 3.63) is 29.3 Å². The summed E-state index contributed by atoms with van der Waals surface area (Å²) in [5.41, 5.74) is 8.07. The van der Waals surface area contributed by atoms with Crippen LogP contribution < -0.4 is 10.5 Å². The molecule has 0 aliphatic rings.